The first kappa shape index (κ1) is 30.7. The number of ether oxygens (including phenoxy) is 1. The summed E-state index contributed by atoms with van der Waals surface area (Å²) in [6.45, 7) is 0.898. The number of halogens is 7. The maximum Gasteiger partial charge on any atom is 0.417 e. The van der Waals surface area contributed by atoms with Gasteiger partial charge in [-0.25, -0.2) is 0 Å². The zero-order valence-electron chi connectivity index (χ0n) is 21.0. The second-order valence-electron chi connectivity index (χ2n) is 8.90. The van der Waals surface area contributed by atoms with Crippen LogP contribution in [0.2, 0.25) is 5.02 Å². The first-order valence-corrected chi connectivity index (χ1v) is 12.3. The molecule has 1 heterocycles. The number of carbonyl (C=O) groups is 2. The number of anilines is 1. The quantitative estimate of drug-likeness (QED) is 0.211. The van der Waals surface area contributed by atoms with Gasteiger partial charge in [0.05, 0.1) is 41.1 Å². The predicted octanol–water partition coefficient (Wildman–Crippen LogP) is 6.28. The van der Waals surface area contributed by atoms with Crippen molar-refractivity contribution >= 4 is 34.9 Å². The lowest BCUT2D eigenvalue weighted by Crippen LogP contribution is -2.44. The largest absolute Gasteiger partial charge is 0.465 e. The summed E-state index contributed by atoms with van der Waals surface area (Å²) in [7, 11) is 0. The molecule has 1 unspecified atom stereocenters. The highest BCUT2D eigenvalue weighted by atomic mass is 35.5. The molecule has 40 heavy (non-hydrogen) atoms. The maximum atomic E-state index is 13.3. The second-order valence-corrected chi connectivity index (χ2v) is 9.31. The second kappa shape index (κ2) is 12.2. The van der Waals surface area contributed by atoms with E-state index >= 15 is 0 Å². The molecule has 0 fully saturated rings. The number of nitrogens with one attached hydrogen (secondary N) is 1. The van der Waals surface area contributed by atoms with Crippen LogP contribution in [0.3, 0.4) is 0 Å². The minimum absolute atomic E-state index is 0.0156. The molecule has 14 heteroatoms. The molecule has 214 valence electrons. The lowest BCUT2D eigenvalue weighted by atomic mass is 9.76. The summed E-state index contributed by atoms with van der Waals surface area (Å²) < 4.78 is 83.5. The van der Waals surface area contributed by atoms with Crippen molar-refractivity contribution in [3.63, 3.8) is 0 Å². The van der Waals surface area contributed by atoms with Crippen LogP contribution in [-0.2, 0) is 26.7 Å². The van der Waals surface area contributed by atoms with E-state index in [-0.39, 0.29) is 49.4 Å². The number of alkyl halides is 6. The van der Waals surface area contributed by atoms with E-state index in [1.54, 1.807) is 6.92 Å². The fraction of sp³-hybridized carbons (Fsp3) is 0.385. The van der Waals surface area contributed by atoms with E-state index in [2.05, 4.69) is 10.4 Å². The molecular formula is C26H23ClF6N4O3. The van der Waals surface area contributed by atoms with Crippen LogP contribution in [0.1, 0.15) is 42.9 Å². The number of carbonyl (C=O) groups excluding carboxylic acids is 2. The molecular weight excluding hydrogens is 566 g/mol. The Bertz CT molecular complexity index is 1320. The fourth-order valence-electron chi connectivity index (χ4n) is 4.28. The number of unbranched alkanes of at least 4 members (excludes halogenated alkanes) is 1. The summed E-state index contributed by atoms with van der Waals surface area (Å²) in [5, 5.41) is 16.4. The number of hydrogen-bond donors (Lipinski definition) is 1. The Morgan fingerprint density at radius 2 is 1.80 bits per heavy atom. The SMILES string of the molecule is CCOC(=O)C1(CCCC#N)CN(CC(=O)Nc2ccc(C(F)(F)F)cc2)N=C1c1ccc(C(F)(F)F)c(Cl)c1. The van der Waals surface area contributed by atoms with E-state index in [1.807, 2.05) is 6.07 Å². The van der Waals surface area contributed by atoms with Gasteiger partial charge in [-0.2, -0.15) is 36.7 Å². The summed E-state index contributed by atoms with van der Waals surface area (Å²) in [4.78, 5) is 26.0. The smallest absolute Gasteiger partial charge is 0.417 e. The summed E-state index contributed by atoms with van der Waals surface area (Å²) in [6, 6.07) is 8.61. The van der Waals surface area contributed by atoms with Crippen LogP contribution in [0.4, 0.5) is 32.0 Å². The van der Waals surface area contributed by atoms with E-state index in [0.717, 1.165) is 42.5 Å². The Hall–Kier alpha value is -3.79. The number of esters is 1. The number of amides is 1. The number of benzene rings is 2. The van der Waals surface area contributed by atoms with Gasteiger partial charge in [0.1, 0.15) is 12.0 Å². The van der Waals surface area contributed by atoms with Gasteiger partial charge in [0, 0.05) is 17.7 Å². The van der Waals surface area contributed by atoms with E-state index in [0.29, 0.717) is 0 Å². The number of nitrogens with zero attached hydrogens (tertiary/aromatic N) is 3. The highest BCUT2D eigenvalue weighted by molar-refractivity contribution is 6.32. The standard InChI is InChI=1S/C26H23ClF6N4O3/c1-2-40-23(39)24(11-3-4-12-34)15-37(14-21(38)35-18-8-6-17(7-9-18)25(28,29)30)36-22(24)16-5-10-19(20(27)13-16)26(31,32)33/h5-10,13H,2-4,11,14-15H2,1H3,(H,35,38). The molecule has 1 amide bonds. The van der Waals surface area contributed by atoms with Crippen LogP contribution in [0.15, 0.2) is 47.6 Å². The molecule has 2 aromatic rings. The van der Waals surface area contributed by atoms with Crippen molar-refractivity contribution in [3.8, 4) is 6.07 Å². The number of rotatable bonds is 9. The fourth-order valence-corrected chi connectivity index (χ4v) is 4.57. The van der Waals surface area contributed by atoms with Gasteiger partial charge >= 0.3 is 18.3 Å². The lowest BCUT2D eigenvalue weighted by molar-refractivity contribution is -0.152. The Kier molecular flexibility index (Phi) is 9.35. The Morgan fingerprint density at radius 1 is 1.12 bits per heavy atom. The molecule has 1 N–H and O–H groups in total. The van der Waals surface area contributed by atoms with Gasteiger partial charge in [-0.1, -0.05) is 17.7 Å². The van der Waals surface area contributed by atoms with Gasteiger partial charge in [-0.15, -0.1) is 0 Å². The van der Waals surface area contributed by atoms with E-state index < -0.39 is 52.3 Å². The topological polar surface area (TPSA) is 94.8 Å². The molecule has 1 aliphatic rings. The van der Waals surface area contributed by atoms with Gasteiger partial charge in [0.25, 0.3) is 0 Å². The summed E-state index contributed by atoms with van der Waals surface area (Å²) in [6.07, 6.45) is -8.95. The molecule has 0 radical (unpaired) electrons. The van der Waals surface area contributed by atoms with E-state index in [1.165, 1.54) is 5.01 Å². The van der Waals surface area contributed by atoms with E-state index in [4.69, 9.17) is 21.6 Å². The van der Waals surface area contributed by atoms with Crippen LogP contribution in [0.5, 0.6) is 0 Å². The van der Waals surface area contributed by atoms with Crippen molar-refractivity contribution in [2.45, 2.75) is 38.5 Å². The van der Waals surface area contributed by atoms with Crippen LogP contribution in [0.25, 0.3) is 0 Å². The lowest BCUT2D eigenvalue weighted by Gasteiger charge is -2.29. The number of nitriles is 1. The van der Waals surface area contributed by atoms with E-state index in [9.17, 15) is 35.9 Å². The zero-order chi connectivity index (χ0) is 29.7. The Balaban J connectivity index is 1.94. The predicted molar refractivity (Wildman–Crippen MR) is 133 cm³/mol. The minimum Gasteiger partial charge on any atom is -0.465 e. The minimum atomic E-state index is -4.72. The maximum absolute atomic E-state index is 13.3. The third-order valence-electron chi connectivity index (χ3n) is 6.08. The first-order chi connectivity index (χ1) is 18.7. The highest BCUT2D eigenvalue weighted by Crippen LogP contribution is 2.41. The van der Waals surface area contributed by atoms with Crippen LogP contribution in [0, 0.1) is 16.7 Å². The number of hydrazone groups is 1. The first-order valence-electron chi connectivity index (χ1n) is 11.9. The van der Waals surface area contributed by atoms with Crippen molar-refractivity contribution in [1.82, 2.24) is 5.01 Å². The molecule has 1 atom stereocenters. The van der Waals surface area contributed by atoms with Crippen LogP contribution >= 0.6 is 11.6 Å². The average molecular weight is 589 g/mol. The highest BCUT2D eigenvalue weighted by Gasteiger charge is 2.51. The Labute approximate surface area is 230 Å². The van der Waals surface area contributed by atoms with Crippen molar-refractivity contribution in [2.24, 2.45) is 10.5 Å². The van der Waals surface area contributed by atoms with Crippen LogP contribution in [-0.4, -0.2) is 42.3 Å². The molecule has 0 saturated carbocycles. The molecule has 0 bridgehead atoms. The van der Waals surface area contributed by atoms with Gasteiger partial charge in [0.2, 0.25) is 5.91 Å². The summed E-state index contributed by atoms with van der Waals surface area (Å²) in [5.41, 5.74) is -3.33. The van der Waals surface area contributed by atoms with Gasteiger partial charge in [-0.05, 0) is 56.2 Å². The van der Waals surface area contributed by atoms with Gasteiger partial charge in [-0.3, -0.25) is 14.6 Å². The van der Waals surface area contributed by atoms with Crippen LogP contribution < -0.4 is 5.32 Å². The summed E-state index contributed by atoms with van der Waals surface area (Å²) >= 11 is 5.92. The van der Waals surface area contributed by atoms with Crippen molar-refractivity contribution in [2.75, 3.05) is 25.0 Å². The monoisotopic (exact) mass is 588 g/mol. The number of hydrogen-bond acceptors (Lipinski definition) is 6. The zero-order valence-corrected chi connectivity index (χ0v) is 21.8. The van der Waals surface area contributed by atoms with Gasteiger partial charge in [0.15, 0.2) is 0 Å². The Morgan fingerprint density at radius 3 is 2.35 bits per heavy atom. The third kappa shape index (κ3) is 7.04. The molecule has 7 nitrogen and oxygen atoms in total. The molecule has 0 aromatic heterocycles. The van der Waals surface area contributed by atoms with Crippen molar-refractivity contribution in [3.05, 3.63) is 64.2 Å². The van der Waals surface area contributed by atoms with Crippen molar-refractivity contribution < 1.29 is 40.7 Å². The molecule has 0 saturated heterocycles. The third-order valence-corrected chi connectivity index (χ3v) is 6.39. The average Bonchev–Trinajstić information content (AvgIpc) is 3.22. The van der Waals surface area contributed by atoms with Crippen molar-refractivity contribution in [1.29, 1.82) is 5.26 Å². The molecule has 0 aliphatic carbocycles. The molecule has 2 aromatic carbocycles. The summed E-state index contributed by atoms with van der Waals surface area (Å²) in [5.74, 6) is -1.42. The molecule has 3 rings (SSSR count). The molecule has 1 aliphatic heterocycles. The molecule has 0 spiro atoms. The van der Waals surface area contributed by atoms with Gasteiger partial charge < -0.3 is 10.1 Å². The normalized spacial score (nSPS) is 17.3.